The van der Waals surface area contributed by atoms with Crippen molar-refractivity contribution in [2.75, 3.05) is 6.54 Å². The fraction of sp³-hybridized carbons (Fsp3) is 0.700. The number of rotatable bonds is 2. The second-order valence-electron chi connectivity index (χ2n) is 8.57. The topological polar surface area (TPSA) is 21.3 Å². The molecule has 116 valence electrons. The SMILES string of the molecule is c1cc2c3c(c1)OC1CC(CC4CC4)C[C@H]4[C@@H](C2)NCC[C@]314. The highest BCUT2D eigenvalue weighted by Gasteiger charge is 2.62. The monoisotopic (exact) mass is 295 g/mol. The van der Waals surface area contributed by atoms with Crippen LogP contribution in [0.5, 0.6) is 5.75 Å². The highest BCUT2D eigenvalue weighted by atomic mass is 16.5. The van der Waals surface area contributed by atoms with Gasteiger partial charge in [-0.1, -0.05) is 25.0 Å². The summed E-state index contributed by atoms with van der Waals surface area (Å²) < 4.78 is 6.58. The Kier molecular flexibility index (Phi) is 2.30. The van der Waals surface area contributed by atoms with Crippen molar-refractivity contribution in [1.82, 2.24) is 5.32 Å². The molecule has 6 rings (SSSR count). The molecule has 3 aliphatic carbocycles. The van der Waals surface area contributed by atoms with Crippen LogP contribution in [0.2, 0.25) is 0 Å². The fourth-order valence-electron chi connectivity index (χ4n) is 6.51. The van der Waals surface area contributed by atoms with Gasteiger partial charge >= 0.3 is 0 Å². The Hall–Kier alpha value is -1.02. The first-order valence-electron chi connectivity index (χ1n) is 9.37. The van der Waals surface area contributed by atoms with Crippen molar-refractivity contribution in [1.29, 1.82) is 0 Å². The molecule has 3 fully saturated rings. The molecular weight excluding hydrogens is 270 g/mol. The van der Waals surface area contributed by atoms with E-state index < -0.39 is 0 Å². The van der Waals surface area contributed by atoms with Crippen molar-refractivity contribution in [3.05, 3.63) is 29.3 Å². The van der Waals surface area contributed by atoms with Gasteiger partial charge in [-0.25, -0.2) is 0 Å². The molecule has 2 unspecified atom stereocenters. The van der Waals surface area contributed by atoms with Crippen LogP contribution in [0.4, 0.5) is 0 Å². The van der Waals surface area contributed by atoms with E-state index in [1.165, 1.54) is 57.2 Å². The minimum atomic E-state index is 0.361. The van der Waals surface area contributed by atoms with Crippen molar-refractivity contribution < 1.29 is 4.74 Å². The minimum absolute atomic E-state index is 0.361. The van der Waals surface area contributed by atoms with Crippen molar-refractivity contribution in [2.45, 2.75) is 62.5 Å². The summed E-state index contributed by atoms with van der Waals surface area (Å²) in [7, 11) is 0. The minimum Gasteiger partial charge on any atom is -0.489 e. The summed E-state index contributed by atoms with van der Waals surface area (Å²) in [5.74, 6) is 4.02. The summed E-state index contributed by atoms with van der Waals surface area (Å²) in [6, 6.07) is 7.50. The van der Waals surface area contributed by atoms with Gasteiger partial charge in [-0.05, 0) is 68.0 Å². The molecule has 2 heterocycles. The van der Waals surface area contributed by atoms with Crippen LogP contribution in [0.15, 0.2) is 18.2 Å². The number of piperidine rings is 1. The van der Waals surface area contributed by atoms with Crippen molar-refractivity contribution in [3.8, 4) is 5.75 Å². The number of hydrogen-bond acceptors (Lipinski definition) is 2. The van der Waals surface area contributed by atoms with Crippen molar-refractivity contribution >= 4 is 0 Å². The highest BCUT2D eigenvalue weighted by Crippen LogP contribution is 2.62. The van der Waals surface area contributed by atoms with Crippen LogP contribution < -0.4 is 10.1 Å². The van der Waals surface area contributed by atoms with Gasteiger partial charge in [0.25, 0.3) is 0 Å². The van der Waals surface area contributed by atoms with Crippen LogP contribution in [0, 0.1) is 17.8 Å². The largest absolute Gasteiger partial charge is 0.489 e. The molecule has 1 aromatic carbocycles. The van der Waals surface area contributed by atoms with Crippen LogP contribution in [-0.2, 0) is 11.8 Å². The first-order chi connectivity index (χ1) is 10.8. The summed E-state index contributed by atoms with van der Waals surface area (Å²) in [5, 5.41) is 3.86. The van der Waals surface area contributed by atoms with Crippen LogP contribution in [0.25, 0.3) is 0 Å². The second kappa shape index (κ2) is 4.08. The molecule has 1 spiro atoms. The molecule has 2 nitrogen and oxygen atoms in total. The van der Waals surface area contributed by atoms with Gasteiger partial charge in [0.1, 0.15) is 11.9 Å². The van der Waals surface area contributed by atoms with E-state index in [4.69, 9.17) is 4.74 Å². The standard InChI is InChI=1S/C20H25NO/c1-2-14-11-16-15-9-13(8-12-4-5-12)10-18-20(15,6-7-21-16)19(14)17(3-1)22-18/h1-3,12-13,15-16,18,21H,4-11H2/t13?,15-,16+,18?,20+/m0/s1. The molecule has 1 aromatic rings. The van der Waals surface area contributed by atoms with E-state index in [1.807, 2.05) is 0 Å². The summed E-state index contributed by atoms with van der Waals surface area (Å²) in [6.07, 6.45) is 10.2. The molecule has 1 N–H and O–H groups in total. The summed E-state index contributed by atoms with van der Waals surface area (Å²) in [5.41, 5.74) is 3.57. The van der Waals surface area contributed by atoms with Gasteiger partial charge in [-0.2, -0.15) is 0 Å². The van der Waals surface area contributed by atoms with E-state index in [-0.39, 0.29) is 0 Å². The molecule has 5 aliphatic rings. The Balaban J connectivity index is 1.48. The maximum absolute atomic E-state index is 6.58. The van der Waals surface area contributed by atoms with Crippen LogP contribution in [0.3, 0.4) is 0 Å². The predicted molar refractivity (Wildman–Crippen MR) is 86.2 cm³/mol. The van der Waals surface area contributed by atoms with Crippen LogP contribution >= 0.6 is 0 Å². The quantitative estimate of drug-likeness (QED) is 0.902. The van der Waals surface area contributed by atoms with Gasteiger partial charge in [0, 0.05) is 17.0 Å². The lowest BCUT2D eigenvalue weighted by Crippen LogP contribution is -2.64. The Morgan fingerprint density at radius 3 is 3.05 bits per heavy atom. The summed E-state index contributed by atoms with van der Waals surface area (Å²) >= 11 is 0. The molecule has 0 amide bonds. The smallest absolute Gasteiger partial charge is 0.123 e. The molecule has 2 saturated carbocycles. The third kappa shape index (κ3) is 1.45. The maximum atomic E-state index is 6.58. The molecule has 2 heteroatoms. The zero-order chi connectivity index (χ0) is 14.3. The summed E-state index contributed by atoms with van der Waals surface area (Å²) in [6.45, 7) is 1.18. The average molecular weight is 295 g/mol. The van der Waals surface area contributed by atoms with Gasteiger partial charge < -0.3 is 10.1 Å². The first-order valence-corrected chi connectivity index (χ1v) is 9.37. The van der Waals surface area contributed by atoms with Gasteiger partial charge in [-0.3, -0.25) is 0 Å². The van der Waals surface area contributed by atoms with Gasteiger partial charge in [0.2, 0.25) is 0 Å². The Morgan fingerprint density at radius 1 is 1.18 bits per heavy atom. The van der Waals surface area contributed by atoms with E-state index in [9.17, 15) is 0 Å². The average Bonchev–Trinajstić information content (AvgIpc) is 3.25. The molecule has 2 aliphatic heterocycles. The summed E-state index contributed by atoms with van der Waals surface area (Å²) in [4.78, 5) is 0. The highest BCUT2D eigenvalue weighted by molar-refractivity contribution is 5.54. The maximum Gasteiger partial charge on any atom is 0.123 e. The van der Waals surface area contributed by atoms with Gasteiger partial charge in [-0.15, -0.1) is 0 Å². The first kappa shape index (κ1) is 12.4. The normalized spacial score (nSPS) is 44.4. The van der Waals surface area contributed by atoms with E-state index in [1.54, 1.807) is 11.1 Å². The number of nitrogens with one attached hydrogen (secondary N) is 1. The number of hydrogen-bond donors (Lipinski definition) is 1. The lowest BCUT2D eigenvalue weighted by atomic mass is 9.50. The Morgan fingerprint density at radius 2 is 2.14 bits per heavy atom. The molecule has 0 radical (unpaired) electrons. The third-order valence-corrected chi connectivity index (χ3v) is 7.45. The zero-order valence-electron chi connectivity index (χ0n) is 13.2. The zero-order valence-corrected chi connectivity index (χ0v) is 13.2. The molecule has 1 saturated heterocycles. The van der Waals surface area contributed by atoms with Crippen molar-refractivity contribution in [2.24, 2.45) is 17.8 Å². The molecule has 2 bridgehead atoms. The number of ether oxygens (including phenoxy) is 1. The van der Waals surface area contributed by atoms with E-state index >= 15 is 0 Å². The Labute approximate surface area is 132 Å². The van der Waals surface area contributed by atoms with Crippen LogP contribution in [-0.4, -0.2) is 18.7 Å². The van der Waals surface area contributed by atoms with E-state index in [2.05, 4.69) is 23.5 Å². The molecule has 5 atom stereocenters. The van der Waals surface area contributed by atoms with Gasteiger partial charge in [0.15, 0.2) is 0 Å². The van der Waals surface area contributed by atoms with E-state index in [0.29, 0.717) is 17.6 Å². The second-order valence-corrected chi connectivity index (χ2v) is 8.57. The Bertz CT molecular complexity index is 637. The fourth-order valence-corrected chi connectivity index (χ4v) is 6.51. The molecular formula is C20H25NO. The number of benzene rings is 1. The lowest BCUT2D eigenvalue weighted by molar-refractivity contribution is -0.0230. The van der Waals surface area contributed by atoms with Gasteiger partial charge in [0.05, 0.1) is 0 Å². The van der Waals surface area contributed by atoms with Crippen molar-refractivity contribution in [3.63, 3.8) is 0 Å². The predicted octanol–water partition coefficient (Wildman–Crippen LogP) is 3.43. The third-order valence-electron chi connectivity index (χ3n) is 7.45. The lowest BCUT2D eigenvalue weighted by Gasteiger charge is -2.56. The molecule has 0 aromatic heterocycles. The van der Waals surface area contributed by atoms with Crippen LogP contribution in [0.1, 0.15) is 49.7 Å². The van der Waals surface area contributed by atoms with E-state index in [0.717, 1.165) is 17.8 Å². The molecule has 22 heavy (non-hydrogen) atoms.